The van der Waals surface area contributed by atoms with Crippen LogP contribution >= 0.6 is 0 Å². The number of nitrogens with one attached hydrogen (secondary N) is 1. The Morgan fingerprint density at radius 3 is 2.73 bits per heavy atom. The molecule has 118 valence electrons. The number of rotatable bonds is 6. The fourth-order valence-corrected chi connectivity index (χ4v) is 2.40. The molecule has 0 spiro atoms. The number of nitrogens with zero attached hydrogens (tertiary/aromatic N) is 2. The third kappa shape index (κ3) is 3.55. The molecule has 0 atom stereocenters. The number of aromatic amines is 1. The van der Waals surface area contributed by atoms with Crippen LogP contribution in [0.15, 0.2) is 28.0 Å². The Morgan fingerprint density at radius 1 is 1.27 bits per heavy atom. The second kappa shape index (κ2) is 6.93. The van der Waals surface area contributed by atoms with Crippen LogP contribution < -0.4 is 17.2 Å². The summed E-state index contributed by atoms with van der Waals surface area (Å²) in [6, 6.07) is 4.95. The van der Waals surface area contributed by atoms with Crippen molar-refractivity contribution in [3.8, 4) is 0 Å². The van der Waals surface area contributed by atoms with E-state index in [1.165, 1.54) is 0 Å². The number of hydrogen-bond acceptors (Lipinski definition) is 2. The highest BCUT2D eigenvalue weighted by Crippen LogP contribution is 2.14. The van der Waals surface area contributed by atoms with E-state index >= 15 is 0 Å². The number of unbranched alkanes of at least 4 members (excludes halogenated alkanes) is 3. The van der Waals surface area contributed by atoms with Crippen molar-refractivity contribution in [2.24, 2.45) is 16.5 Å². The smallest absolute Gasteiger partial charge is 0.326 e. The van der Waals surface area contributed by atoms with Gasteiger partial charge in [-0.1, -0.05) is 26.2 Å². The first-order valence-electron chi connectivity index (χ1n) is 7.39. The molecule has 1 aromatic carbocycles. The van der Waals surface area contributed by atoms with Gasteiger partial charge in [-0.3, -0.25) is 9.36 Å². The van der Waals surface area contributed by atoms with Crippen LogP contribution in [0.4, 0.5) is 0 Å². The van der Waals surface area contributed by atoms with Crippen molar-refractivity contribution in [3.05, 3.63) is 34.2 Å². The third-order valence-corrected chi connectivity index (χ3v) is 3.49. The lowest BCUT2D eigenvalue weighted by Crippen LogP contribution is -2.24. The number of aromatic nitrogens is 2. The van der Waals surface area contributed by atoms with Gasteiger partial charge >= 0.3 is 5.69 Å². The molecule has 5 N–H and O–H groups in total. The number of imidazole rings is 1. The average Bonchev–Trinajstić information content (AvgIpc) is 2.77. The van der Waals surface area contributed by atoms with Gasteiger partial charge in [0, 0.05) is 12.1 Å². The first kappa shape index (κ1) is 15.8. The minimum atomic E-state index is -0.529. The molecule has 0 aliphatic heterocycles. The Kier molecular flexibility index (Phi) is 4.98. The minimum absolute atomic E-state index is 0.169. The van der Waals surface area contributed by atoms with Crippen LogP contribution in [0.25, 0.3) is 11.0 Å². The van der Waals surface area contributed by atoms with E-state index in [2.05, 4.69) is 16.9 Å². The number of hydrogen-bond donors (Lipinski definition) is 3. The molecule has 22 heavy (non-hydrogen) atoms. The monoisotopic (exact) mass is 303 g/mol. The lowest BCUT2D eigenvalue weighted by molar-refractivity contribution is 0.100. The van der Waals surface area contributed by atoms with Crippen LogP contribution in [-0.4, -0.2) is 21.4 Å². The molecule has 0 unspecified atom stereocenters. The summed E-state index contributed by atoms with van der Waals surface area (Å²) in [6.45, 7) is 2.81. The van der Waals surface area contributed by atoms with Gasteiger partial charge in [-0.25, -0.2) is 4.79 Å². The van der Waals surface area contributed by atoms with E-state index in [0.717, 1.165) is 31.2 Å². The van der Waals surface area contributed by atoms with Crippen molar-refractivity contribution in [3.63, 3.8) is 0 Å². The quantitative estimate of drug-likeness (QED) is 0.423. The van der Waals surface area contributed by atoms with Crippen LogP contribution in [0.3, 0.4) is 0 Å². The zero-order valence-corrected chi connectivity index (χ0v) is 12.6. The summed E-state index contributed by atoms with van der Waals surface area (Å²) in [5.74, 6) is -0.814. The number of guanidine groups is 1. The highest BCUT2D eigenvalue weighted by molar-refractivity contribution is 6.03. The molecule has 0 aliphatic carbocycles. The normalized spacial score (nSPS) is 10.8. The molecule has 0 radical (unpaired) electrons. The van der Waals surface area contributed by atoms with Crippen LogP contribution in [0.5, 0.6) is 0 Å². The van der Waals surface area contributed by atoms with E-state index in [9.17, 15) is 9.59 Å². The molecule has 2 rings (SSSR count). The molecule has 1 amide bonds. The predicted molar refractivity (Wildman–Crippen MR) is 86.8 cm³/mol. The van der Waals surface area contributed by atoms with Crippen molar-refractivity contribution in [1.82, 2.24) is 9.55 Å². The number of benzene rings is 1. The molecule has 7 nitrogen and oxygen atoms in total. The topological polar surface area (TPSA) is 119 Å². The average molecular weight is 303 g/mol. The van der Waals surface area contributed by atoms with Crippen molar-refractivity contribution in [2.45, 2.75) is 39.2 Å². The summed E-state index contributed by atoms with van der Waals surface area (Å²) in [5, 5.41) is 0. The van der Waals surface area contributed by atoms with Gasteiger partial charge in [-0.15, -0.1) is 0 Å². The third-order valence-electron chi connectivity index (χ3n) is 3.49. The molecule has 1 heterocycles. The number of aryl methyl sites for hydroxylation is 1. The maximum atomic E-state index is 12.0. The maximum Gasteiger partial charge on any atom is 0.326 e. The van der Waals surface area contributed by atoms with Gasteiger partial charge in [0.15, 0.2) is 5.96 Å². The number of H-pyrrole nitrogens is 1. The van der Waals surface area contributed by atoms with Gasteiger partial charge in [0.25, 0.3) is 5.91 Å². The van der Waals surface area contributed by atoms with Gasteiger partial charge in [0.1, 0.15) is 0 Å². The Hall–Kier alpha value is -2.57. The molecule has 1 aromatic heterocycles. The molecule has 0 fully saturated rings. The zero-order chi connectivity index (χ0) is 16.1. The Labute approximate surface area is 128 Å². The van der Waals surface area contributed by atoms with Gasteiger partial charge in [-0.05, 0) is 24.6 Å². The molecular formula is C15H21N5O2. The van der Waals surface area contributed by atoms with E-state index in [1.807, 2.05) is 0 Å². The van der Waals surface area contributed by atoms with Crippen LogP contribution in [0.1, 0.15) is 43.0 Å². The summed E-state index contributed by atoms with van der Waals surface area (Å²) in [7, 11) is 0. The fourth-order valence-electron chi connectivity index (χ4n) is 2.40. The van der Waals surface area contributed by atoms with Crippen molar-refractivity contribution in [1.29, 1.82) is 0 Å². The first-order chi connectivity index (χ1) is 10.5. The molecule has 0 saturated carbocycles. The maximum absolute atomic E-state index is 12.0. The standard InChI is InChI=1S/C15H21N5O2/c1-2-3-4-5-8-20-12-7-6-10(13(21)19-14(16)17)9-11(12)18-15(20)22/h6-7,9H,2-5,8H2,1H3,(H,18,22)(H4,16,17,19,21). The second-order valence-corrected chi connectivity index (χ2v) is 5.22. The Morgan fingerprint density at radius 2 is 2.05 bits per heavy atom. The van der Waals surface area contributed by atoms with E-state index in [0.29, 0.717) is 17.6 Å². The summed E-state index contributed by atoms with van der Waals surface area (Å²) in [6.07, 6.45) is 4.36. The number of fused-ring (bicyclic) bond motifs is 1. The summed E-state index contributed by atoms with van der Waals surface area (Å²) >= 11 is 0. The Balaban J connectivity index is 2.27. The van der Waals surface area contributed by atoms with E-state index in [4.69, 9.17) is 11.5 Å². The number of nitrogens with two attached hydrogens (primary N) is 2. The van der Waals surface area contributed by atoms with Crippen molar-refractivity contribution < 1.29 is 4.79 Å². The van der Waals surface area contributed by atoms with Crippen molar-refractivity contribution in [2.75, 3.05) is 0 Å². The molecule has 0 bridgehead atoms. The minimum Gasteiger partial charge on any atom is -0.370 e. The molecule has 7 heteroatoms. The predicted octanol–water partition coefficient (Wildman–Crippen LogP) is 1.32. The highest BCUT2D eigenvalue weighted by Gasteiger charge is 2.10. The lowest BCUT2D eigenvalue weighted by atomic mass is 10.2. The Bertz CT molecular complexity index is 753. The number of amides is 1. The van der Waals surface area contributed by atoms with E-state index < -0.39 is 5.91 Å². The van der Waals surface area contributed by atoms with E-state index in [1.54, 1.807) is 22.8 Å². The van der Waals surface area contributed by atoms with Gasteiger partial charge < -0.3 is 16.5 Å². The zero-order valence-electron chi connectivity index (χ0n) is 12.6. The number of carbonyl (C=O) groups excluding carboxylic acids is 1. The summed E-state index contributed by atoms with van der Waals surface area (Å²) in [4.78, 5) is 30.1. The molecular weight excluding hydrogens is 282 g/mol. The van der Waals surface area contributed by atoms with Crippen molar-refractivity contribution >= 4 is 22.9 Å². The van der Waals surface area contributed by atoms with Gasteiger partial charge in [0.2, 0.25) is 0 Å². The summed E-state index contributed by atoms with van der Waals surface area (Å²) < 4.78 is 1.69. The largest absolute Gasteiger partial charge is 0.370 e. The SMILES string of the molecule is CCCCCCn1c(=O)[nH]c2cc(C(=O)N=C(N)N)ccc21. The van der Waals surface area contributed by atoms with Gasteiger partial charge in [-0.2, -0.15) is 4.99 Å². The van der Waals surface area contributed by atoms with Crippen LogP contribution in [-0.2, 0) is 6.54 Å². The van der Waals surface area contributed by atoms with E-state index in [-0.39, 0.29) is 11.6 Å². The molecule has 0 aliphatic rings. The number of carbonyl (C=O) groups is 1. The fraction of sp³-hybridized carbons (Fsp3) is 0.400. The highest BCUT2D eigenvalue weighted by atomic mass is 16.1. The molecule has 2 aromatic rings. The summed E-state index contributed by atoms with van der Waals surface area (Å²) in [5.41, 5.74) is 11.9. The first-order valence-corrected chi connectivity index (χ1v) is 7.39. The lowest BCUT2D eigenvalue weighted by Gasteiger charge is -2.03. The van der Waals surface area contributed by atoms with Gasteiger partial charge in [0.05, 0.1) is 11.0 Å². The van der Waals surface area contributed by atoms with Crippen LogP contribution in [0.2, 0.25) is 0 Å². The number of aliphatic imine (C=N–C) groups is 1. The molecule has 0 saturated heterocycles. The second-order valence-electron chi connectivity index (χ2n) is 5.22. The van der Waals surface area contributed by atoms with Crippen LogP contribution in [0, 0.1) is 0 Å².